The van der Waals surface area contributed by atoms with E-state index in [-0.39, 0.29) is 15.9 Å². The lowest BCUT2D eigenvalue weighted by molar-refractivity contribution is 0.0942. The SMILES string of the molecule is Cc1ccc(C(NC(=O)c2cc(F)c(Cl)nc2Cl)c2ccccc2)cc1. The van der Waals surface area contributed by atoms with Crippen molar-refractivity contribution in [3.05, 3.63) is 99.0 Å². The van der Waals surface area contributed by atoms with E-state index in [0.29, 0.717) is 0 Å². The van der Waals surface area contributed by atoms with Crippen molar-refractivity contribution in [2.24, 2.45) is 0 Å². The van der Waals surface area contributed by atoms with Crippen LogP contribution in [-0.2, 0) is 0 Å². The van der Waals surface area contributed by atoms with E-state index >= 15 is 0 Å². The Balaban J connectivity index is 1.97. The fourth-order valence-electron chi connectivity index (χ4n) is 2.58. The first-order valence-corrected chi connectivity index (χ1v) is 8.65. The van der Waals surface area contributed by atoms with Crippen LogP contribution in [-0.4, -0.2) is 10.9 Å². The Morgan fingerprint density at radius 3 is 2.27 bits per heavy atom. The standard InChI is InChI=1S/C20H15Cl2FN2O/c1-12-7-9-14(10-8-12)17(13-5-3-2-4-6-13)24-20(26)15-11-16(23)19(22)25-18(15)21/h2-11,17H,1H3,(H,24,26). The van der Waals surface area contributed by atoms with Crippen LogP contribution < -0.4 is 5.32 Å². The molecule has 1 heterocycles. The molecule has 3 nitrogen and oxygen atoms in total. The summed E-state index contributed by atoms with van der Waals surface area (Å²) in [6.07, 6.45) is 0. The number of rotatable bonds is 4. The predicted molar refractivity (Wildman–Crippen MR) is 101 cm³/mol. The van der Waals surface area contributed by atoms with Crippen molar-refractivity contribution in [2.75, 3.05) is 0 Å². The van der Waals surface area contributed by atoms with Crippen LogP contribution >= 0.6 is 23.2 Å². The van der Waals surface area contributed by atoms with Gasteiger partial charge in [-0.05, 0) is 24.1 Å². The van der Waals surface area contributed by atoms with Crippen molar-refractivity contribution in [3.8, 4) is 0 Å². The van der Waals surface area contributed by atoms with Crippen molar-refractivity contribution in [1.82, 2.24) is 10.3 Å². The van der Waals surface area contributed by atoms with Gasteiger partial charge >= 0.3 is 0 Å². The normalized spacial score (nSPS) is 11.8. The number of nitrogens with zero attached hydrogens (tertiary/aromatic N) is 1. The molecule has 1 amide bonds. The van der Waals surface area contributed by atoms with E-state index in [1.807, 2.05) is 61.5 Å². The number of aryl methyl sites for hydroxylation is 1. The molecule has 0 fully saturated rings. The summed E-state index contributed by atoms with van der Waals surface area (Å²) >= 11 is 11.6. The number of aromatic nitrogens is 1. The average Bonchev–Trinajstić information content (AvgIpc) is 2.64. The molecule has 26 heavy (non-hydrogen) atoms. The number of carbonyl (C=O) groups excluding carboxylic acids is 1. The third-order valence-corrected chi connectivity index (χ3v) is 4.50. The molecule has 1 atom stereocenters. The largest absolute Gasteiger partial charge is 0.341 e. The third-order valence-electron chi connectivity index (χ3n) is 3.95. The monoisotopic (exact) mass is 388 g/mol. The Labute approximate surface area is 160 Å². The number of amides is 1. The van der Waals surface area contributed by atoms with Gasteiger partial charge in [-0.25, -0.2) is 9.37 Å². The molecule has 0 aliphatic heterocycles. The maximum atomic E-state index is 13.7. The van der Waals surface area contributed by atoms with E-state index in [2.05, 4.69) is 10.3 Å². The van der Waals surface area contributed by atoms with Crippen molar-refractivity contribution < 1.29 is 9.18 Å². The molecular formula is C20H15Cl2FN2O. The Bertz CT molecular complexity index is 931. The third kappa shape index (κ3) is 4.03. The van der Waals surface area contributed by atoms with Gasteiger partial charge in [0.1, 0.15) is 5.15 Å². The quantitative estimate of drug-likeness (QED) is 0.611. The van der Waals surface area contributed by atoms with Gasteiger partial charge in [0.05, 0.1) is 11.6 Å². The van der Waals surface area contributed by atoms with Gasteiger partial charge in [0.25, 0.3) is 5.91 Å². The van der Waals surface area contributed by atoms with Gasteiger partial charge < -0.3 is 5.32 Å². The summed E-state index contributed by atoms with van der Waals surface area (Å²) in [5, 5.41) is 2.38. The number of hydrogen-bond acceptors (Lipinski definition) is 2. The van der Waals surface area contributed by atoms with Gasteiger partial charge in [-0.15, -0.1) is 0 Å². The van der Waals surface area contributed by atoms with Crippen LogP contribution in [0.4, 0.5) is 4.39 Å². The maximum absolute atomic E-state index is 13.7. The van der Waals surface area contributed by atoms with E-state index in [9.17, 15) is 9.18 Å². The van der Waals surface area contributed by atoms with E-state index < -0.39 is 17.8 Å². The lowest BCUT2D eigenvalue weighted by atomic mass is 9.97. The summed E-state index contributed by atoms with van der Waals surface area (Å²) in [6.45, 7) is 1.99. The molecule has 0 saturated carbocycles. The molecular weight excluding hydrogens is 374 g/mol. The second-order valence-electron chi connectivity index (χ2n) is 5.83. The minimum absolute atomic E-state index is 0.0680. The molecule has 3 aromatic rings. The van der Waals surface area contributed by atoms with Crippen molar-refractivity contribution in [2.45, 2.75) is 13.0 Å². The molecule has 0 radical (unpaired) electrons. The van der Waals surface area contributed by atoms with Gasteiger partial charge in [-0.2, -0.15) is 0 Å². The highest BCUT2D eigenvalue weighted by atomic mass is 35.5. The lowest BCUT2D eigenvalue weighted by Gasteiger charge is -2.20. The maximum Gasteiger partial charge on any atom is 0.255 e. The second kappa shape index (κ2) is 7.85. The molecule has 6 heteroatoms. The summed E-state index contributed by atoms with van der Waals surface area (Å²) < 4.78 is 13.7. The fraction of sp³-hybridized carbons (Fsp3) is 0.100. The molecule has 0 saturated heterocycles. The molecule has 0 aliphatic rings. The average molecular weight is 389 g/mol. The van der Waals surface area contributed by atoms with Crippen LogP contribution in [0.3, 0.4) is 0 Å². The highest BCUT2D eigenvalue weighted by Crippen LogP contribution is 2.25. The van der Waals surface area contributed by atoms with Crippen LogP contribution in [0.1, 0.15) is 33.1 Å². The first kappa shape index (κ1) is 18.4. The Kier molecular flexibility index (Phi) is 5.55. The highest BCUT2D eigenvalue weighted by molar-refractivity contribution is 6.34. The minimum atomic E-state index is -0.798. The van der Waals surface area contributed by atoms with E-state index in [1.165, 1.54) is 0 Å². The summed E-state index contributed by atoms with van der Waals surface area (Å²) in [5.41, 5.74) is 2.83. The van der Waals surface area contributed by atoms with Crippen molar-refractivity contribution in [3.63, 3.8) is 0 Å². The van der Waals surface area contributed by atoms with Gasteiger partial charge in [-0.3, -0.25) is 4.79 Å². The number of carbonyl (C=O) groups is 1. The van der Waals surface area contributed by atoms with E-state index in [1.54, 1.807) is 0 Å². The first-order valence-electron chi connectivity index (χ1n) is 7.89. The zero-order chi connectivity index (χ0) is 18.7. The number of halogens is 3. The summed E-state index contributed by atoms with van der Waals surface area (Å²) in [4.78, 5) is 16.4. The van der Waals surface area contributed by atoms with Gasteiger partial charge in [-0.1, -0.05) is 83.4 Å². The Morgan fingerprint density at radius 1 is 1.00 bits per heavy atom. The number of benzene rings is 2. The zero-order valence-electron chi connectivity index (χ0n) is 13.8. The van der Waals surface area contributed by atoms with Crippen LogP contribution in [0.2, 0.25) is 10.3 Å². The Morgan fingerprint density at radius 2 is 1.62 bits per heavy atom. The molecule has 1 aromatic heterocycles. The van der Waals surface area contributed by atoms with Crippen LogP contribution in [0.15, 0.2) is 60.7 Å². The fourth-order valence-corrected chi connectivity index (χ4v) is 2.98. The van der Waals surface area contributed by atoms with E-state index in [0.717, 1.165) is 22.8 Å². The number of hydrogen-bond donors (Lipinski definition) is 1. The molecule has 1 unspecified atom stereocenters. The summed E-state index contributed by atoms with van der Waals surface area (Å²) in [5.74, 6) is -1.33. The summed E-state index contributed by atoms with van der Waals surface area (Å²) in [6, 6.07) is 17.9. The van der Waals surface area contributed by atoms with Gasteiger partial charge in [0.2, 0.25) is 0 Å². The Hall–Kier alpha value is -2.43. The molecule has 132 valence electrons. The molecule has 0 aliphatic carbocycles. The van der Waals surface area contributed by atoms with E-state index in [4.69, 9.17) is 23.2 Å². The van der Waals surface area contributed by atoms with Gasteiger partial charge in [0.15, 0.2) is 11.0 Å². The van der Waals surface area contributed by atoms with Crippen LogP contribution in [0, 0.1) is 12.7 Å². The second-order valence-corrected chi connectivity index (χ2v) is 6.54. The molecule has 0 spiro atoms. The minimum Gasteiger partial charge on any atom is -0.341 e. The lowest BCUT2D eigenvalue weighted by Crippen LogP contribution is -2.29. The zero-order valence-corrected chi connectivity index (χ0v) is 15.4. The predicted octanol–water partition coefficient (Wildman–Crippen LogP) is 5.36. The number of nitrogens with one attached hydrogen (secondary N) is 1. The number of pyridine rings is 1. The van der Waals surface area contributed by atoms with Crippen molar-refractivity contribution >= 4 is 29.1 Å². The van der Waals surface area contributed by atoms with Crippen molar-refractivity contribution in [1.29, 1.82) is 0 Å². The highest BCUT2D eigenvalue weighted by Gasteiger charge is 2.21. The summed E-state index contributed by atoms with van der Waals surface area (Å²) in [7, 11) is 0. The molecule has 1 N–H and O–H groups in total. The van der Waals surface area contributed by atoms with Crippen LogP contribution in [0.25, 0.3) is 0 Å². The van der Waals surface area contributed by atoms with Gasteiger partial charge in [0, 0.05) is 0 Å². The van der Waals surface area contributed by atoms with Crippen LogP contribution in [0.5, 0.6) is 0 Å². The topological polar surface area (TPSA) is 42.0 Å². The first-order chi connectivity index (χ1) is 12.5. The molecule has 3 rings (SSSR count). The molecule has 2 aromatic carbocycles. The molecule has 0 bridgehead atoms. The smallest absolute Gasteiger partial charge is 0.255 e.